The molecule has 1 aromatic rings. The van der Waals surface area contributed by atoms with Crippen molar-refractivity contribution in [3.05, 3.63) is 29.8 Å². The van der Waals surface area contributed by atoms with E-state index in [1.807, 2.05) is 24.3 Å². The molecule has 3 nitrogen and oxygen atoms in total. The Balaban J connectivity index is 1.95. The third-order valence-electron chi connectivity index (χ3n) is 4.34. The molecule has 1 aliphatic rings. The Morgan fingerprint density at radius 2 is 1.80 bits per heavy atom. The lowest BCUT2D eigenvalue weighted by Crippen LogP contribution is -2.29. The highest BCUT2D eigenvalue weighted by atomic mass is 16.5. The van der Waals surface area contributed by atoms with E-state index in [1.54, 1.807) is 7.11 Å². The van der Waals surface area contributed by atoms with E-state index in [2.05, 4.69) is 13.8 Å². The molecule has 20 heavy (non-hydrogen) atoms. The molecule has 0 radical (unpaired) electrons. The van der Waals surface area contributed by atoms with Crippen molar-refractivity contribution in [2.24, 2.45) is 11.1 Å². The lowest BCUT2D eigenvalue weighted by molar-refractivity contribution is -0.0429. The van der Waals surface area contributed by atoms with Gasteiger partial charge in [-0.15, -0.1) is 0 Å². The quantitative estimate of drug-likeness (QED) is 0.893. The van der Waals surface area contributed by atoms with Crippen LogP contribution < -0.4 is 10.5 Å². The van der Waals surface area contributed by atoms with Crippen LogP contribution in [0.1, 0.15) is 51.2 Å². The maximum absolute atomic E-state index is 6.23. The predicted octanol–water partition coefficient (Wildman–Crippen LogP) is 3.68. The van der Waals surface area contributed by atoms with E-state index in [-0.39, 0.29) is 6.10 Å². The van der Waals surface area contributed by atoms with Crippen molar-refractivity contribution < 1.29 is 9.47 Å². The zero-order valence-corrected chi connectivity index (χ0v) is 12.9. The summed E-state index contributed by atoms with van der Waals surface area (Å²) < 4.78 is 11.4. The molecule has 2 rings (SSSR count). The smallest absolute Gasteiger partial charge is 0.118 e. The first-order chi connectivity index (χ1) is 9.54. The summed E-state index contributed by atoms with van der Waals surface area (Å²) >= 11 is 0. The Morgan fingerprint density at radius 1 is 1.20 bits per heavy atom. The number of nitrogens with two attached hydrogens (primary N) is 1. The van der Waals surface area contributed by atoms with Crippen LogP contribution in [0.5, 0.6) is 5.75 Å². The standard InChI is InChI=1S/C17H27NO2/c1-17(2)10-8-15(9-11-17)20-16(12-18)13-4-6-14(19-3)7-5-13/h4-7,15-16H,8-12,18H2,1-3H3. The molecule has 0 heterocycles. The zero-order chi connectivity index (χ0) is 14.6. The number of rotatable bonds is 5. The van der Waals surface area contributed by atoms with Crippen molar-refractivity contribution in [3.63, 3.8) is 0 Å². The number of methoxy groups -OCH3 is 1. The van der Waals surface area contributed by atoms with Crippen molar-refractivity contribution in [1.29, 1.82) is 0 Å². The summed E-state index contributed by atoms with van der Waals surface area (Å²) in [7, 11) is 1.68. The Bertz CT molecular complexity index is 404. The van der Waals surface area contributed by atoms with Crippen LogP contribution in [0.3, 0.4) is 0 Å². The topological polar surface area (TPSA) is 44.5 Å². The van der Waals surface area contributed by atoms with Gasteiger partial charge in [-0.1, -0.05) is 26.0 Å². The molecule has 0 aliphatic heterocycles. The summed E-state index contributed by atoms with van der Waals surface area (Å²) in [5, 5.41) is 0. The highest BCUT2D eigenvalue weighted by Gasteiger charge is 2.28. The van der Waals surface area contributed by atoms with Crippen LogP contribution in [0.4, 0.5) is 0 Å². The first-order valence-corrected chi connectivity index (χ1v) is 7.53. The summed E-state index contributed by atoms with van der Waals surface area (Å²) in [5.41, 5.74) is 7.50. The van der Waals surface area contributed by atoms with Gasteiger partial charge in [0.1, 0.15) is 5.75 Å². The van der Waals surface area contributed by atoms with Gasteiger partial charge < -0.3 is 15.2 Å². The second kappa shape index (κ2) is 6.59. The molecule has 3 heteroatoms. The van der Waals surface area contributed by atoms with Gasteiger partial charge >= 0.3 is 0 Å². The fourth-order valence-corrected chi connectivity index (χ4v) is 2.83. The van der Waals surface area contributed by atoms with E-state index in [0.717, 1.165) is 24.2 Å². The van der Waals surface area contributed by atoms with Crippen molar-refractivity contribution >= 4 is 0 Å². The van der Waals surface area contributed by atoms with E-state index < -0.39 is 0 Å². The van der Waals surface area contributed by atoms with Crippen molar-refractivity contribution in [1.82, 2.24) is 0 Å². The van der Waals surface area contributed by atoms with E-state index in [0.29, 0.717) is 18.1 Å². The molecule has 1 fully saturated rings. The van der Waals surface area contributed by atoms with Crippen LogP contribution >= 0.6 is 0 Å². The van der Waals surface area contributed by atoms with Gasteiger partial charge in [-0.25, -0.2) is 0 Å². The Morgan fingerprint density at radius 3 is 2.30 bits per heavy atom. The fraction of sp³-hybridized carbons (Fsp3) is 0.647. The third-order valence-corrected chi connectivity index (χ3v) is 4.34. The van der Waals surface area contributed by atoms with Crippen LogP contribution in [0, 0.1) is 5.41 Å². The molecule has 0 bridgehead atoms. The summed E-state index contributed by atoms with van der Waals surface area (Å²) in [6, 6.07) is 8.02. The van der Waals surface area contributed by atoms with Gasteiger partial charge in [0.25, 0.3) is 0 Å². The van der Waals surface area contributed by atoms with Gasteiger partial charge in [-0.05, 0) is 48.8 Å². The summed E-state index contributed by atoms with van der Waals surface area (Å²) in [6.45, 7) is 5.20. The molecular formula is C17H27NO2. The second-order valence-electron chi connectivity index (χ2n) is 6.50. The highest BCUT2D eigenvalue weighted by Crippen LogP contribution is 2.37. The molecular weight excluding hydrogens is 250 g/mol. The lowest BCUT2D eigenvalue weighted by atomic mass is 9.76. The molecule has 0 saturated heterocycles. The number of benzene rings is 1. The minimum Gasteiger partial charge on any atom is -0.497 e. The van der Waals surface area contributed by atoms with Gasteiger partial charge in [0.05, 0.1) is 19.3 Å². The van der Waals surface area contributed by atoms with Gasteiger partial charge in [-0.2, -0.15) is 0 Å². The van der Waals surface area contributed by atoms with Gasteiger partial charge in [-0.3, -0.25) is 0 Å². The van der Waals surface area contributed by atoms with E-state index >= 15 is 0 Å². The minimum atomic E-state index is -0.00730. The molecule has 1 unspecified atom stereocenters. The van der Waals surface area contributed by atoms with Crippen LogP contribution in [0.2, 0.25) is 0 Å². The molecule has 0 amide bonds. The summed E-state index contributed by atoms with van der Waals surface area (Å²) in [5.74, 6) is 0.865. The van der Waals surface area contributed by atoms with Crippen molar-refractivity contribution in [3.8, 4) is 5.75 Å². The molecule has 0 aromatic heterocycles. The average Bonchev–Trinajstić information content (AvgIpc) is 2.46. The van der Waals surface area contributed by atoms with Crippen LogP contribution in [0.15, 0.2) is 24.3 Å². The number of hydrogen-bond acceptors (Lipinski definition) is 3. The van der Waals surface area contributed by atoms with Gasteiger partial charge in [0, 0.05) is 6.54 Å². The SMILES string of the molecule is COc1ccc(C(CN)OC2CCC(C)(C)CC2)cc1. The molecule has 0 spiro atoms. The maximum Gasteiger partial charge on any atom is 0.118 e. The molecule has 112 valence electrons. The minimum absolute atomic E-state index is 0.00730. The molecule has 1 aromatic carbocycles. The molecule has 2 N–H and O–H groups in total. The average molecular weight is 277 g/mol. The largest absolute Gasteiger partial charge is 0.497 e. The Kier molecular flexibility index (Phi) is 5.06. The normalized spacial score (nSPS) is 20.6. The van der Waals surface area contributed by atoms with E-state index in [9.17, 15) is 0 Å². The first-order valence-electron chi connectivity index (χ1n) is 7.53. The number of hydrogen-bond donors (Lipinski definition) is 1. The number of ether oxygens (including phenoxy) is 2. The van der Waals surface area contributed by atoms with Crippen molar-refractivity contribution in [2.75, 3.05) is 13.7 Å². The van der Waals surface area contributed by atoms with Crippen LogP contribution in [-0.4, -0.2) is 19.8 Å². The van der Waals surface area contributed by atoms with Crippen LogP contribution in [-0.2, 0) is 4.74 Å². The second-order valence-corrected chi connectivity index (χ2v) is 6.50. The predicted molar refractivity (Wildman–Crippen MR) is 81.9 cm³/mol. The Labute approximate surface area is 122 Å². The van der Waals surface area contributed by atoms with Crippen molar-refractivity contribution in [2.45, 2.75) is 51.7 Å². The van der Waals surface area contributed by atoms with Crippen LogP contribution in [0.25, 0.3) is 0 Å². The summed E-state index contributed by atoms with van der Waals surface area (Å²) in [6.07, 6.45) is 5.08. The lowest BCUT2D eigenvalue weighted by Gasteiger charge is -2.35. The highest BCUT2D eigenvalue weighted by molar-refractivity contribution is 5.28. The first kappa shape index (κ1) is 15.3. The monoisotopic (exact) mass is 277 g/mol. The molecule has 1 saturated carbocycles. The van der Waals surface area contributed by atoms with E-state index in [4.69, 9.17) is 15.2 Å². The third kappa shape index (κ3) is 3.97. The van der Waals surface area contributed by atoms with E-state index in [1.165, 1.54) is 12.8 Å². The maximum atomic E-state index is 6.23. The molecule has 1 atom stereocenters. The van der Waals surface area contributed by atoms with Gasteiger partial charge in [0.15, 0.2) is 0 Å². The molecule has 1 aliphatic carbocycles. The van der Waals surface area contributed by atoms with Gasteiger partial charge in [0.2, 0.25) is 0 Å². The zero-order valence-electron chi connectivity index (χ0n) is 12.9. The Hall–Kier alpha value is -1.06. The summed E-state index contributed by atoms with van der Waals surface area (Å²) in [4.78, 5) is 0. The fourth-order valence-electron chi connectivity index (χ4n) is 2.83.